The Bertz CT molecular complexity index is 2890. The Morgan fingerprint density at radius 2 is 0.885 bits per heavy atom. The third-order valence-corrected chi connectivity index (χ3v) is 13.4. The van der Waals surface area contributed by atoms with Gasteiger partial charge < -0.3 is 14.2 Å². The summed E-state index contributed by atoms with van der Waals surface area (Å²) in [6, 6.07) is 40.4. The van der Waals surface area contributed by atoms with Crippen molar-refractivity contribution in [2.45, 2.75) is 138 Å². The standard InChI is InChI=1S/C57H65BN2O/c1-34-29-47-51-48(30-34)60(46-27-24-41(57(14,15)16)52-50(46)40-31-36(54(5,6)7)21-28-49(40)61-52)45-26-20-38(56(11,12)13)33-43(45)58(51)42-32-37(55(8,9)10)19-25-44(42)59(47)39-22-17-35(18-23-39)53(2,3)4/h17-33H,1-16H3. The van der Waals surface area contributed by atoms with Crippen molar-refractivity contribution in [1.29, 1.82) is 0 Å². The Morgan fingerprint density at radius 1 is 0.426 bits per heavy atom. The Hall–Kier alpha value is -5.22. The molecule has 9 rings (SSSR count). The number of hydrogen-bond donors (Lipinski definition) is 0. The van der Waals surface area contributed by atoms with E-state index >= 15 is 0 Å². The maximum absolute atomic E-state index is 7.01. The lowest BCUT2D eigenvalue weighted by Gasteiger charge is -2.45. The van der Waals surface area contributed by atoms with Crippen LogP contribution in [0.25, 0.3) is 21.9 Å². The molecule has 6 aromatic carbocycles. The first-order valence-corrected chi connectivity index (χ1v) is 22.5. The molecule has 0 saturated heterocycles. The first kappa shape index (κ1) is 41.2. The van der Waals surface area contributed by atoms with Crippen molar-refractivity contribution in [1.82, 2.24) is 0 Å². The van der Waals surface area contributed by atoms with Crippen LogP contribution in [0.5, 0.6) is 0 Å². The molecule has 0 fully saturated rings. The number of furan rings is 1. The number of nitrogens with zero attached hydrogens (tertiary/aromatic N) is 2. The Kier molecular flexibility index (Phi) is 9.03. The van der Waals surface area contributed by atoms with Gasteiger partial charge in [-0.25, -0.2) is 0 Å². The van der Waals surface area contributed by atoms with Crippen molar-refractivity contribution in [3.05, 3.63) is 137 Å². The summed E-state index contributed by atoms with van der Waals surface area (Å²) >= 11 is 0. The zero-order chi connectivity index (χ0) is 43.9. The van der Waals surface area contributed by atoms with Crippen LogP contribution in [0.4, 0.5) is 34.1 Å². The zero-order valence-electron chi connectivity index (χ0n) is 39.7. The summed E-state index contributed by atoms with van der Waals surface area (Å²) < 4.78 is 7.01. The van der Waals surface area contributed by atoms with Crippen molar-refractivity contribution in [3.63, 3.8) is 0 Å². The second-order valence-electron chi connectivity index (χ2n) is 23.3. The summed E-state index contributed by atoms with van der Waals surface area (Å²) in [7, 11) is 0. The lowest BCUT2D eigenvalue weighted by Crippen LogP contribution is -2.61. The maximum atomic E-state index is 7.01. The molecule has 0 aliphatic carbocycles. The number of aryl methyl sites for hydroxylation is 1. The highest BCUT2D eigenvalue weighted by atomic mass is 16.3. The molecule has 3 heterocycles. The van der Waals surface area contributed by atoms with Gasteiger partial charge in [0.15, 0.2) is 0 Å². The average molecular weight is 805 g/mol. The van der Waals surface area contributed by atoms with E-state index in [1.54, 1.807) is 0 Å². The minimum atomic E-state index is -0.121. The molecule has 0 saturated carbocycles. The van der Waals surface area contributed by atoms with Crippen LogP contribution in [-0.4, -0.2) is 6.71 Å². The fourth-order valence-corrected chi connectivity index (χ4v) is 9.83. The van der Waals surface area contributed by atoms with E-state index in [1.807, 2.05) is 0 Å². The van der Waals surface area contributed by atoms with Crippen LogP contribution in [0.3, 0.4) is 0 Å². The number of rotatable bonds is 2. The topological polar surface area (TPSA) is 19.6 Å². The van der Waals surface area contributed by atoms with Gasteiger partial charge in [-0.15, -0.1) is 0 Å². The van der Waals surface area contributed by atoms with E-state index < -0.39 is 0 Å². The molecule has 0 radical (unpaired) electrons. The van der Waals surface area contributed by atoms with Crippen LogP contribution in [0.2, 0.25) is 0 Å². The molecular formula is C57H65BN2O. The molecule has 2 aliphatic rings. The molecule has 0 atom stereocenters. The summed E-state index contributed by atoms with van der Waals surface area (Å²) in [4.78, 5) is 5.14. The molecule has 2 aliphatic heterocycles. The van der Waals surface area contributed by atoms with Crippen LogP contribution < -0.4 is 26.2 Å². The first-order valence-electron chi connectivity index (χ1n) is 22.5. The summed E-state index contributed by atoms with van der Waals surface area (Å²) in [6.07, 6.45) is 0. The maximum Gasteiger partial charge on any atom is 0.252 e. The summed E-state index contributed by atoms with van der Waals surface area (Å²) in [5, 5.41) is 2.34. The summed E-state index contributed by atoms with van der Waals surface area (Å²) in [5.74, 6) is 0. The van der Waals surface area contributed by atoms with E-state index in [9.17, 15) is 0 Å². The molecule has 4 heteroatoms. The second kappa shape index (κ2) is 13.4. The number of fused-ring (bicyclic) bond motifs is 7. The van der Waals surface area contributed by atoms with Crippen LogP contribution in [0.1, 0.15) is 137 Å². The third kappa shape index (κ3) is 6.71. The third-order valence-electron chi connectivity index (χ3n) is 13.4. The first-order chi connectivity index (χ1) is 28.3. The van der Waals surface area contributed by atoms with Crippen LogP contribution in [0.15, 0.2) is 108 Å². The highest BCUT2D eigenvalue weighted by Gasteiger charge is 2.45. The fourth-order valence-electron chi connectivity index (χ4n) is 9.83. The molecule has 1 aromatic heterocycles. The quantitative estimate of drug-likeness (QED) is 0.162. The van der Waals surface area contributed by atoms with Crippen LogP contribution >= 0.6 is 0 Å². The highest BCUT2D eigenvalue weighted by molar-refractivity contribution is 7.00. The van der Waals surface area contributed by atoms with E-state index in [-0.39, 0.29) is 33.8 Å². The Balaban J connectivity index is 1.43. The smallest absolute Gasteiger partial charge is 0.252 e. The molecule has 0 unspecified atom stereocenters. The molecule has 61 heavy (non-hydrogen) atoms. The van der Waals surface area contributed by atoms with Gasteiger partial charge in [-0.3, -0.25) is 0 Å². The van der Waals surface area contributed by atoms with Crippen LogP contribution in [0, 0.1) is 6.92 Å². The van der Waals surface area contributed by atoms with E-state index in [4.69, 9.17) is 4.42 Å². The van der Waals surface area contributed by atoms with Gasteiger partial charge in [-0.05, 0) is 133 Å². The summed E-state index contributed by atoms with van der Waals surface area (Å²) in [5.41, 5.74) is 20.9. The predicted molar refractivity (Wildman–Crippen MR) is 266 cm³/mol. The van der Waals surface area contributed by atoms with Gasteiger partial charge in [0.25, 0.3) is 6.71 Å². The number of anilines is 6. The van der Waals surface area contributed by atoms with Crippen molar-refractivity contribution in [3.8, 4) is 0 Å². The number of hydrogen-bond acceptors (Lipinski definition) is 3. The van der Waals surface area contributed by atoms with E-state index in [1.165, 1.54) is 89.0 Å². The molecule has 0 spiro atoms. The largest absolute Gasteiger partial charge is 0.456 e. The Labute approximate surface area is 366 Å². The van der Waals surface area contributed by atoms with Gasteiger partial charge >= 0.3 is 0 Å². The lowest BCUT2D eigenvalue weighted by molar-refractivity contribution is 0.572. The van der Waals surface area contributed by atoms with Crippen molar-refractivity contribution in [2.24, 2.45) is 0 Å². The van der Waals surface area contributed by atoms with E-state index in [2.05, 4.69) is 224 Å². The lowest BCUT2D eigenvalue weighted by atomic mass is 9.33. The van der Waals surface area contributed by atoms with Crippen molar-refractivity contribution >= 4 is 79.2 Å². The number of benzene rings is 6. The van der Waals surface area contributed by atoms with Crippen molar-refractivity contribution in [2.75, 3.05) is 9.80 Å². The molecule has 7 aromatic rings. The molecule has 0 bridgehead atoms. The monoisotopic (exact) mass is 805 g/mol. The van der Waals surface area contributed by atoms with Crippen LogP contribution in [-0.2, 0) is 27.1 Å². The fraction of sp³-hybridized carbons (Fsp3) is 0.368. The molecular weight excluding hydrogens is 739 g/mol. The zero-order valence-corrected chi connectivity index (χ0v) is 39.7. The minimum absolute atomic E-state index is 0.0165. The van der Waals surface area contributed by atoms with E-state index in [0.29, 0.717) is 0 Å². The Morgan fingerprint density at radius 3 is 1.41 bits per heavy atom. The van der Waals surface area contributed by atoms with E-state index in [0.717, 1.165) is 16.9 Å². The van der Waals surface area contributed by atoms with Gasteiger partial charge in [0.1, 0.15) is 11.2 Å². The second-order valence-corrected chi connectivity index (χ2v) is 23.3. The molecule has 3 nitrogen and oxygen atoms in total. The average Bonchev–Trinajstić information content (AvgIpc) is 3.54. The predicted octanol–water partition coefficient (Wildman–Crippen LogP) is 14.5. The molecule has 0 amide bonds. The normalized spacial score (nSPS) is 14.5. The van der Waals surface area contributed by atoms with Gasteiger partial charge in [0.2, 0.25) is 0 Å². The summed E-state index contributed by atoms with van der Waals surface area (Å²) in [6.45, 7) is 37.0. The van der Waals surface area contributed by atoms with Crippen molar-refractivity contribution < 1.29 is 4.42 Å². The SMILES string of the molecule is Cc1cc2c3c(c1)N(c1ccc(C(C)(C)C)c4oc5ccc(C(C)(C)C)cc5c14)c1ccc(C(C)(C)C)cc1B3c1cc(C(C)(C)C)ccc1N2c1ccc(C(C)(C)C)cc1. The van der Waals surface area contributed by atoms with Gasteiger partial charge in [-0.1, -0.05) is 152 Å². The highest BCUT2D eigenvalue weighted by Crippen LogP contribution is 2.50. The van der Waals surface area contributed by atoms with Gasteiger partial charge in [0.05, 0.1) is 11.1 Å². The molecule has 0 N–H and O–H groups in total. The minimum Gasteiger partial charge on any atom is -0.456 e. The van der Waals surface area contributed by atoms with Gasteiger partial charge in [0, 0.05) is 39.4 Å². The molecule has 312 valence electrons. The van der Waals surface area contributed by atoms with Gasteiger partial charge in [-0.2, -0.15) is 0 Å².